The Bertz CT molecular complexity index is 474. The molecule has 1 spiro atoms. The summed E-state index contributed by atoms with van der Waals surface area (Å²) in [6.45, 7) is 3.94. The number of amides is 1. The Morgan fingerprint density at radius 2 is 1.95 bits per heavy atom. The molecule has 2 saturated heterocycles. The number of likely N-dealkylation sites (tertiary alicyclic amines) is 1. The van der Waals surface area contributed by atoms with Gasteiger partial charge in [0.15, 0.2) is 0 Å². The fourth-order valence-corrected chi connectivity index (χ4v) is 3.66. The van der Waals surface area contributed by atoms with E-state index in [0.29, 0.717) is 10.4 Å². The molecule has 0 radical (unpaired) electrons. The van der Waals surface area contributed by atoms with Gasteiger partial charge in [0.1, 0.15) is 0 Å². The van der Waals surface area contributed by atoms with Crippen molar-refractivity contribution in [1.29, 1.82) is 0 Å². The van der Waals surface area contributed by atoms with Crippen LogP contribution in [-0.2, 0) is 0 Å². The van der Waals surface area contributed by atoms with Crippen LogP contribution in [0.2, 0.25) is 5.02 Å². The van der Waals surface area contributed by atoms with Gasteiger partial charge in [-0.3, -0.25) is 4.79 Å². The molecule has 1 atom stereocenters. The molecule has 2 heterocycles. The maximum absolute atomic E-state index is 12.6. The first-order valence-corrected chi connectivity index (χ1v) is 7.82. The fraction of sp³-hybridized carbons (Fsp3) is 0.562. The first kappa shape index (κ1) is 13.9. The van der Waals surface area contributed by atoms with Crippen LogP contribution in [0.5, 0.6) is 0 Å². The highest BCUT2D eigenvalue weighted by Crippen LogP contribution is 2.36. The maximum atomic E-state index is 12.6. The van der Waals surface area contributed by atoms with E-state index in [2.05, 4.69) is 5.32 Å². The lowest BCUT2D eigenvalue weighted by molar-refractivity contribution is 0.0434. The number of halogens is 1. The highest BCUT2D eigenvalue weighted by molar-refractivity contribution is 6.30. The largest absolute Gasteiger partial charge is 0.338 e. The summed E-state index contributed by atoms with van der Waals surface area (Å²) >= 11 is 5.89. The quantitative estimate of drug-likeness (QED) is 0.863. The Hall–Kier alpha value is -1.06. The lowest BCUT2D eigenvalue weighted by atomic mass is 9.74. The second-order valence-corrected chi connectivity index (χ2v) is 6.55. The van der Waals surface area contributed by atoms with Crippen LogP contribution in [0.1, 0.15) is 36.0 Å². The van der Waals surface area contributed by atoms with Crippen LogP contribution in [0.3, 0.4) is 0 Å². The van der Waals surface area contributed by atoms with E-state index in [0.717, 1.165) is 38.2 Å². The van der Waals surface area contributed by atoms with Gasteiger partial charge in [-0.2, -0.15) is 0 Å². The molecular weight excluding hydrogens is 272 g/mol. The zero-order chi connectivity index (χ0) is 14.0. The third-order valence-corrected chi connectivity index (χ3v) is 4.85. The molecule has 1 amide bonds. The SMILES string of the molecule is O=C(c1ccc(Cl)cc1)N1CCC[C@]2(CCCNC2)C1. The van der Waals surface area contributed by atoms with Gasteiger partial charge in [-0.25, -0.2) is 0 Å². The predicted molar refractivity (Wildman–Crippen MR) is 81.1 cm³/mol. The molecule has 3 nitrogen and oxygen atoms in total. The van der Waals surface area contributed by atoms with Crippen molar-refractivity contribution in [3.8, 4) is 0 Å². The number of benzene rings is 1. The van der Waals surface area contributed by atoms with Gasteiger partial charge in [0.25, 0.3) is 5.91 Å². The molecule has 1 aromatic carbocycles. The zero-order valence-electron chi connectivity index (χ0n) is 11.7. The molecule has 1 aromatic rings. The lowest BCUT2D eigenvalue weighted by Gasteiger charge is -2.45. The predicted octanol–water partition coefficient (Wildman–Crippen LogP) is 2.95. The molecule has 2 aliphatic rings. The summed E-state index contributed by atoms with van der Waals surface area (Å²) in [5.41, 5.74) is 1.05. The summed E-state index contributed by atoms with van der Waals surface area (Å²) in [6.07, 6.45) is 4.82. The molecular formula is C16H21ClN2O. The van der Waals surface area contributed by atoms with Crippen molar-refractivity contribution in [3.05, 3.63) is 34.9 Å². The summed E-state index contributed by atoms with van der Waals surface area (Å²) in [6, 6.07) is 7.23. The molecule has 0 aromatic heterocycles. The fourth-order valence-electron chi connectivity index (χ4n) is 3.53. The van der Waals surface area contributed by atoms with Gasteiger partial charge < -0.3 is 10.2 Å². The van der Waals surface area contributed by atoms with E-state index in [9.17, 15) is 4.79 Å². The highest BCUT2D eigenvalue weighted by atomic mass is 35.5. The van der Waals surface area contributed by atoms with Gasteiger partial charge in [-0.05, 0) is 56.5 Å². The first-order chi connectivity index (χ1) is 9.69. The molecule has 0 unspecified atom stereocenters. The molecule has 4 heteroatoms. The second-order valence-electron chi connectivity index (χ2n) is 6.12. The minimum atomic E-state index is 0.145. The van der Waals surface area contributed by atoms with E-state index in [1.54, 1.807) is 12.1 Å². The van der Waals surface area contributed by atoms with Crippen molar-refractivity contribution in [1.82, 2.24) is 10.2 Å². The average molecular weight is 293 g/mol. The molecule has 3 rings (SSSR count). The van der Waals surface area contributed by atoms with E-state index >= 15 is 0 Å². The smallest absolute Gasteiger partial charge is 0.253 e. The number of hydrogen-bond donors (Lipinski definition) is 1. The average Bonchev–Trinajstić information content (AvgIpc) is 2.48. The van der Waals surface area contributed by atoms with Gasteiger partial charge in [0.05, 0.1) is 0 Å². The second kappa shape index (κ2) is 5.74. The van der Waals surface area contributed by atoms with Gasteiger partial charge in [0, 0.05) is 35.6 Å². The van der Waals surface area contributed by atoms with Crippen LogP contribution < -0.4 is 5.32 Å². The normalized spacial score (nSPS) is 26.8. The minimum absolute atomic E-state index is 0.145. The van der Waals surface area contributed by atoms with Crippen molar-refractivity contribution in [2.75, 3.05) is 26.2 Å². The Morgan fingerprint density at radius 1 is 1.20 bits per heavy atom. The maximum Gasteiger partial charge on any atom is 0.253 e. The van der Waals surface area contributed by atoms with Gasteiger partial charge in [0.2, 0.25) is 0 Å². The molecule has 0 bridgehead atoms. The number of rotatable bonds is 1. The molecule has 2 aliphatic heterocycles. The summed E-state index contributed by atoms with van der Waals surface area (Å²) in [7, 11) is 0. The zero-order valence-corrected chi connectivity index (χ0v) is 12.5. The van der Waals surface area contributed by atoms with E-state index in [1.807, 2.05) is 17.0 Å². The van der Waals surface area contributed by atoms with Gasteiger partial charge >= 0.3 is 0 Å². The van der Waals surface area contributed by atoms with E-state index in [1.165, 1.54) is 19.3 Å². The van der Waals surface area contributed by atoms with Crippen molar-refractivity contribution < 1.29 is 4.79 Å². The standard InChI is InChI=1S/C16H21ClN2O/c17-14-5-3-13(4-6-14)15(20)19-10-2-8-16(12-19)7-1-9-18-11-16/h3-6,18H,1-2,7-12H2/t16-/m0/s1. The Morgan fingerprint density at radius 3 is 2.65 bits per heavy atom. The van der Waals surface area contributed by atoms with Crippen LogP contribution in [0.15, 0.2) is 24.3 Å². The molecule has 0 saturated carbocycles. The van der Waals surface area contributed by atoms with E-state index < -0.39 is 0 Å². The molecule has 108 valence electrons. The Labute approximate surface area is 125 Å². The molecule has 0 aliphatic carbocycles. The van der Waals surface area contributed by atoms with Crippen molar-refractivity contribution in [2.24, 2.45) is 5.41 Å². The summed E-state index contributed by atoms with van der Waals surface area (Å²) < 4.78 is 0. The Kier molecular flexibility index (Phi) is 3.99. The summed E-state index contributed by atoms with van der Waals surface area (Å²) in [4.78, 5) is 14.6. The van der Waals surface area contributed by atoms with Crippen LogP contribution in [0.25, 0.3) is 0 Å². The van der Waals surface area contributed by atoms with Crippen molar-refractivity contribution >= 4 is 17.5 Å². The first-order valence-electron chi connectivity index (χ1n) is 7.44. The van der Waals surface area contributed by atoms with Gasteiger partial charge in [-0.15, -0.1) is 0 Å². The number of carbonyl (C=O) groups is 1. The highest BCUT2D eigenvalue weighted by Gasteiger charge is 2.38. The van der Waals surface area contributed by atoms with Crippen LogP contribution in [0.4, 0.5) is 0 Å². The van der Waals surface area contributed by atoms with Crippen LogP contribution in [-0.4, -0.2) is 37.0 Å². The number of hydrogen-bond acceptors (Lipinski definition) is 2. The minimum Gasteiger partial charge on any atom is -0.338 e. The summed E-state index contributed by atoms with van der Waals surface area (Å²) in [5.74, 6) is 0.145. The number of nitrogens with one attached hydrogen (secondary N) is 1. The Balaban J connectivity index is 1.73. The van der Waals surface area contributed by atoms with Crippen molar-refractivity contribution in [3.63, 3.8) is 0 Å². The van der Waals surface area contributed by atoms with Gasteiger partial charge in [-0.1, -0.05) is 11.6 Å². The summed E-state index contributed by atoms with van der Waals surface area (Å²) in [5, 5.41) is 4.17. The van der Waals surface area contributed by atoms with E-state index in [4.69, 9.17) is 11.6 Å². The molecule has 1 N–H and O–H groups in total. The van der Waals surface area contributed by atoms with Crippen molar-refractivity contribution in [2.45, 2.75) is 25.7 Å². The monoisotopic (exact) mass is 292 g/mol. The topological polar surface area (TPSA) is 32.3 Å². The number of carbonyl (C=O) groups excluding carboxylic acids is 1. The third kappa shape index (κ3) is 2.84. The molecule has 2 fully saturated rings. The lowest BCUT2D eigenvalue weighted by Crippen LogP contribution is -2.52. The number of piperidine rings is 2. The van der Waals surface area contributed by atoms with E-state index in [-0.39, 0.29) is 5.91 Å². The van der Waals surface area contributed by atoms with Crippen LogP contribution >= 0.6 is 11.6 Å². The third-order valence-electron chi connectivity index (χ3n) is 4.60. The number of nitrogens with zero attached hydrogens (tertiary/aromatic N) is 1. The molecule has 20 heavy (non-hydrogen) atoms. The van der Waals surface area contributed by atoms with Crippen LogP contribution in [0, 0.1) is 5.41 Å².